The Morgan fingerprint density at radius 1 is 1.09 bits per heavy atom. The SMILES string of the molecule is CCOC(=O)c1c(NC(=O)C(C)Sc2nnc(CNC(=O)c3ccc(OC)c(OC)c3)n2-c2ccc([N+](=O)[O-])cc2)sc2c1CCC2. The number of nitro groups is 1. The highest BCUT2D eigenvalue weighted by molar-refractivity contribution is 8.00. The number of hydrogen-bond acceptors (Lipinski definition) is 12. The Kier molecular flexibility index (Phi) is 10.4. The molecule has 1 aliphatic carbocycles. The number of benzene rings is 2. The number of anilines is 1. The molecule has 0 aliphatic heterocycles. The van der Waals surface area contributed by atoms with Gasteiger partial charge in [0.25, 0.3) is 11.6 Å². The fourth-order valence-corrected chi connectivity index (χ4v) is 7.22. The number of carbonyl (C=O) groups is 3. The molecular formula is C31H32N6O8S2. The number of amides is 2. The maximum absolute atomic E-state index is 13.4. The summed E-state index contributed by atoms with van der Waals surface area (Å²) in [6, 6.07) is 10.5. The van der Waals surface area contributed by atoms with Crippen molar-refractivity contribution in [3.8, 4) is 17.2 Å². The van der Waals surface area contributed by atoms with Gasteiger partial charge in [-0.15, -0.1) is 21.5 Å². The first-order valence-electron chi connectivity index (χ1n) is 14.6. The molecule has 1 unspecified atom stereocenters. The van der Waals surface area contributed by atoms with Crippen LogP contribution in [0.15, 0.2) is 47.6 Å². The average Bonchev–Trinajstić information content (AvgIpc) is 3.78. The Balaban J connectivity index is 1.38. The number of hydrogen-bond donors (Lipinski definition) is 2. The standard InChI is InChI=1S/C31H32N6O8S2/c1-5-45-30(40)26-21-7-6-8-24(21)47-29(26)33-27(38)17(2)46-31-35-34-25(36(31)19-10-12-20(13-11-19)37(41)42)16-32-28(39)18-9-14-22(43-3)23(15-18)44-4/h9-15,17H,5-8,16H2,1-4H3,(H,32,39)(H,33,38). The molecule has 0 fully saturated rings. The van der Waals surface area contributed by atoms with E-state index in [9.17, 15) is 24.5 Å². The topological polar surface area (TPSA) is 177 Å². The van der Waals surface area contributed by atoms with E-state index in [1.54, 1.807) is 36.6 Å². The summed E-state index contributed by atoms with van der Waals surface area (Å²) in [7, 11) is 2.97. The zero-order valence-electron chi connectivity index (χ0n) is 26.0. The van der Waals surface area contributed by atoms with E-state index in [0.29, 0.717) is 44.3 Å². The molecule has 2 N–H and O–H groups in total. The number of fused-ring (bicyclic) bond motifs is 1. The van der Waals surface area contributed by atoms with Crippen LogP contribution in [0, 0.1) is 10.1 Å². The predicted octanol–water partition coefficient (Wildman–Crippen LogP) is 4.97. The van der Waals surface area contributed by atoms with E-state index in [1.165, 1.54) is 49.8 Å². The second-order valence-corrected chi connectivity index (χ2v) is 12.7. The maximum atomic E-state index is 13.4. The van der Waals surface area contributed by atoms with Crippen LogP contribution in [0.3, 0.4) is 0 Å². The number of nitrogens with one attached hydrogen (secondary N) is 2. The number of ether oxygens (including phenoxy) is 3. The van der Waals surface area contributed by atoms with E-state index < -0.39 is 22.0 Å². The quantitative estimate of drug-likeness (QED) is 0.0844. The van der Waals surface area contributed by atoms with Crippen LogP contribution in [0.4, 0.5) is 10.7 Å². The molecule has 14 nitrogen and oxygen atoms in total. The van der Waals surface area contributed by atoms with Crippen LogP contribution >= 0.6 is 23.1 Å². The maximum Gasteiger partial charge on any atom is 0.341 e. The molecule has 2 aromatic heterocycles. The highest BCUT2D eigenvalue weighted by Crippen LogP contribution is 2.40. The van der Waals surface area contributed by atoms with Crippen molar-refractivity contribution in [1.82, 2.24) is 20.1 Å². The lowest BCUT2D eigenvalue weighted by Crippen LogP contribution is -2.25. The first kappa shape index (κ1) is 33.4. The zero-order valence-corrected chi connectivity index (χ0v) is 27.7. The molecule has 0 spiro atoms. The van der Waals surface area contributed by atoms with Crippen LogP contribution in [-0.2, 0) is 28.9 Å². The fourth-order valence-electron chi connectivity index (χ4n) is 5.05. The first-order valence-corrected chi connectivity index (χ1v) is 16.3. The van der Waals surface area contributed by atoms with Crippen LogP contribution < -0.4 is 20.1 Å². The van der Waals surface area contributed by atoms with Crippen molar-refractivity contribution in [2.24, 2.45) is 0 Å². The van der Waals surface area contributed by atoms with Crippen molar-refractivity contribution in [2.45, 2.75) is 50.1 Å². The number of thiophene rings is 1. The molecule has 2 amide bonds. The third kappa shape index (κ3) is 7.23. The summed E-state index contributed by atoms with van der Waals surface area (Å²) in [5.41, 5.74) is 2.06. The number of non-ortho nitro benzene ring substituents is 1. The lowest BCUT2D eigenvalue weighted by molar-refractivity contribution is -0.384. The van der Waals surface area contributed by atoms with Gasteiger partial charge in [0.1, 0.15) is 5.00 Å². The Bertz CT molecular complexity index is 1820. The molecule has 246 valence electrons. The molecule has 0 saturated carbocycles. The van der Waals surface area contributed by atoms with Gasteiger partial charge < -0.3 is 24.8 Å². The predicted molar refractivity (Wildman–Crippen MR) is 175 cm³/mol. The van der Waals surface area contributed by atoms with E-state index in [0.717, 1.165) is 41.5 Å². The Hall–Kier alpha value is -4.96. The molecule has 1 atom stereocenters. The van der Waals surface area contributed by atoms with Gasteiger partial charge in [0.15, 0.2) is 22.5 Å². The summed E-state index contributed by atoms with van der Waals surface area (Å²) in [4.78, 5) is 51.1. The van der Waals surface area contributed by atoms with Crippen LogP contribution in [0.2, 0.25) is 0 Å². The summed E-state index contributed by atoms with van der Waals surface area (Å²) in [5.74, 6) is -0.0422. The molecule has 2 aromatic carbocycles. The molecule has 1 aliphatic rings. The number of rotatable bonds is 13. The number of esters is 1. The number of methoxy groups -OCH3 is 2. The fraction of sp³-hybridized carbons (Fsp3) is 0.323. The van der Waals surface area contributed by atoms with E-state index in [2.05, 4.69) is 20.8 Å². The highest BCUT2D eigenvalue weighted by atomic mass is 32.2. The number of aryl methyl sites for hydroxylation is 1. The minimum absolute atomic E-state index is 0.0536. The molecule has 47 heavy (non-hydrogen) atoms. The molecule has 4 aromatic rings. The first-order chi connectivity index (χ1) is 22.6. The number of nitrogens with zero attached hydrogens (tertiary/aromatic N) is 4. The Morgan fingerprint density at radius 2 is 1.83 bits per heavy atom. The van der Waals surface area contributed by atoms with E-state index >= 15 is 0 Å². The Morgan fingerprint density at radius 3 is 2.51 bits per heavy atom. The van der Waals surface area contributed by atoms with Crippen molar-refractivity contribution in [3.63, 3.8) is 0 Å². The second-order valence-electron chi connectivity index (χ2n) is 10.3. The van der Waals surface area contributed by atoms with Crippen molar-refractivity contribution in [3.05, 3.63) is 80.0 Å². The summed E-state index contributed by atoms with van der Waals surface area (Å²) in [6.07, 6.45) is 2.55. The van der Waals surface area contributed by atoms with Crippen molar-refractivity contribution in [2.75, 3.05) is 26.1 Å². The largest absolute Gasteiger partial charge is 0.493 e. The summed E-state index contributed by atoms with van der Waals surface area (Å²) >= 11 is 2.50. The monoisotopic (exact) mass is 680 g/mol. The van der Waals surface area contributed by atoms with Gasteiger partial charge in [-0.2, -0.15) is 0 Å². The van der Waals surface area contributed by atoms with Gasteiger partial charge in [-0.3, -0.25) is 24.3 Å². The van der Waals surface area contributed by atoms with E-state index in [1.807, 2.05) is 0 Å². The van der Waals surface area contributed by atoms with Crippen LogP contribution in [0.1, 0.15) is 57.2 Å². The van der Waals surface area contributed by atoms with E-state index in [4.69, 9.17) is 14.2 Å². The Labute approximate surface area is 278 Å². The minimum atomic E-state index is -0.697. The van der Waals surface area contributed by atoms with Crippen molar-refractivity contribution in [1.29, 1.82) is 0 Å². The number of aromatic nitrogens is 3. The zero-order chi connectivity index (χ0) is 33.7. The average molecular weight is 681 g/mol. The van der Waals surface area contributed by atoms with E-state index in [-0.39, 0.29) is 24.7 Å². The van der Waals surface area contributed by atoms with Crippen LogP contribution in [-0.4, -0.2) is 63.5 Å². The lowest BCUT2D eigenvalue weighted by atomic mass is 10.1. The molecular weight excluding hydrogens is 649 g/mol. The summed E-state index contributed by atoms with van der Waals surface area (Å²) < 4.78 is 17.4. The summed E-state index contributed by atoms with van der Waals surface area (Å²) in [6.45, 7) is 3.59. The third-order valence-corrected chi connectivity index (χ3v) is 9.61. The molecule has 0 radical (unpaired) electrons. The number of carbonyl (C=O) groups excluding carboxylic acids is 3. The number of nitro benzene ring substituents is 1. The van der Waals surface area contributed by atoms with Gasteiger partial charge in [0.2, 0.25) is 5.91 Å². The van der Waals surface area contributed by atoms with Gasteiger partial charge >= 0.3 is 5.97 Å². The molecule has 16 heteroatoms. The van der Waals surface area contributed by atoms with Gasteiger partial charge in [-0.1, -0.05) is 11.8 Å². The van der Waals surface area contributed by atoms with Crippen molar-refractivity contribution >= 4 is 51.6 Å². The number of thioether (sulfide) groups is 1. The van der Waals surface area contributed by atoms with Gasteiger partial charge in [-0.05, 0) is 69.0 Å². The molecule has 0 saturated heterocycles. The summed E-state index contributed by atoms with van der Waals surface area (Å²) in [5, 5.41) is 25.7. The lowest BCUT2D eigenvalue weighted by Gasteiger charge is -2.15. The van der Waals surface area contributed by atoms with Crippen LogP contribution in [0.25, 0.3) is 5.69 Å². The molecule has 5 rings (SSSR count). The smallest absolute Gasteiger partial charge is 0.341 e. The minimum Gasteiger partial charge on any atom is -0.493 e. The van der Waals surface area contributed by atoms with Crippen LogP contribution in [0.5, 0.6) is 11.5 Å². The molecule has 2 heterocycles. The van der Waals surface area contributed by atoms with Gasteiger partial charge in [0, 0.05) is 28.3 Å². The van der Waals surface area contributed by atoms with Gasteiger partial charge in [0.05, 0.1) is 43.1 Å². The highest BCUT2D eigenvalue weighted by Gasteiger charge is 2.30. The third-order valence-electron chi connectivity index (χ3n) is 7.36. The molecule has 0 bridgehead atoms. The van der Waals surface area contributed by atoms with Gasteiger partial charge in [-0.25, -0.2) is 4.79 Å². The normalized spacial score (nSPS) is 12.6. The van der Waals surface area contributed by atoms with Crippen molar-refractivity contribution < 1.29 is 33.5 Å². The second kappa shape index (κ2) is 14.6.